The fourth-order valence-corrected chi connectivity index (χ4v) is 2.62. The average molecular weight is 288 g/mol. The number of ether oxygens (including phenoxy) is 1. The molecule has 5 heteroatoms. The van der Waals surface area contributed by atoms with Crippen LogP contribution in [0.3, 0.4) is 0 Å². The van der Waals surface area contributed by atoms with Crippen molar-refractivity contribution in [1.29, 1.82) is 0 Å². The van der Waals surface area contributed by atoms with E-state index in [0.717, 1.165) is 18.4 Å². The molecular weight excluding hydrogens is 271 g/mol. The van der Waals surface area contributed by atoms with Crippen molar-refractivity contribution in [2.75, 3.05) is 6.61 Å². The van der Waals surface area contributed by atoms with Crippen LogP contribution in [0.25, 0.3) is 0 Å². The first kappa shape index (κ1) is 13.8. The number of benzene rings is 1. The first-order valence-corrected chi connectivity index (χ1v) is 7.05. The predicted molar refractivity (Wildman–Crippen MR) is 76.4 cm³/mol. The Labute approximate surface area is 122 Å². The molecule has 1 amide bonds. The summed E-state index contributed by atoms with van der Waals surface area (Å²) in [6.45, 7) is 0.695. The van der Waals surface area contributed by atoms with Gasteiger partial charge < -0.3 is 15.0 Å². The zero-order chi connectivity index (χ0) is 14.7. The Kier molecular flexibility index (Phi) is 4.01. The summed E-state index contributed by atoms with van der Waals surface area (Å²) in [5.41, 5.74) is 1.35. The number of carbonyl (C=O) groups excluding carboxylic acids is 1. The van der Waals surface area contributed by atoms with Crippen LogP contribution in [-0.2, 0) is 4.74 Å². The molecule has 2 aromatic rings. The van der Waals surface area contributed by atoms with E-state index < -0.39 is 0 Å². The van der Waals surface area contributed by atoms with Crippen molar-refractivity contribution < 1.29 is 13.9 Å². The second-order valence-electron chi connectivity index (χ2n) is 5.14. The lowest BCUT2D eigenvalue weighted by Crippen LogP contribution is -2.36. The van der Waals surface area contributed by atoms with E-state index in [9.17, 15) is 9.18 Å². The lowest BCUT2D eigenvalue weighted by atomic mass is 9.99. The van der Waals surface area contributed by atoms with Crippen LogP contribution in [0.2, 0.25) is 0 Å². The van der Waals surface area contributed by atoms with E-state index in [-0.39, 0.29) is 23.9 Å². The molecule has 2 heterocycles. The van der Waals surface area contributed by atoms with Crippen molar-refractivity contribution in [2.24, 2.45) is 0 Å². The van der Waals surface area contributed by atoms with E-state index >= 15 is 0 Å². The highest BCUT2D eigenvalue weighted by molar-refractivity contribution is 5.92. The third kappa shape index (κ3) is 3.13. The number of amides is 1. The van der Waals surface area contributed by atoms with Gasteiger partial charge in [0, 0.05) is 12.8 Å². The van der Waals surface area contributed by atoms with Crippen molar-refractivity contribution >= 4 is 5.91 Å². The standard InChI is InChI=1S/C16H17FN2O2/c17-12-7-5-11(6-8-12)15(14-4-2-10-21-14)19-16(20)13-3-1-9-18-13/h1,3,5-9,14-15,18H,2,4,10H2,(H,19,20)/t14-,15-/m1/s1. The van der Waals surface area contributed by atoms with Crippen LogP contribution in [0.1, 0.15) is 34.9 Å². The van der Waals surface area contributed by atoms with Gasteiger partial charge in [-0.15, -0.1) is 0 Å². The highest BCUT2D eigenvalue weighted by Gasteiger charge is 2.29. The molecule has 2 atom stereocenters. The number of nitrogens with one attached hydrogen (secondary N) is 2. The minimum atomic E-state index is -0.291. The van der Waals surface area contributed by atoms with Gasteiger partial charge >= 0.3 is 0 Å². The third-order valence-corrected chi connectivity index (χ3v) is 3.69. The number of hydrogen-bond acceptors (Lipinski definition) is 2. The smallest absolute Gasteiger partial charge is 0.268 e. The summed E-state index contributed by atoms with van der Waals surface area (Å²) in [6.07, 6.45) is 3.48. The van der Waals surface area contributed by atoms with Crippen LogP contribution in [0, 0.1) is 5.82 Å². The molecular formula is C16H17FN2O2. The van der Waals surface area contributed by atoms with Gasteiger partial charge in [0.15, 0.2) is 0 Å². The summed E-state index contributed by atoms with van der Waals surface area (Å²) in [5, 5.41) is 2.98. The van der Waals surface area contributed by atoms with Gasteiger partial charge in [-0.05, 0) is 42.7 Å². The Hall–Kier alpha value is -2.14. The Morgan fingerprint density at radius 2 is 2.14 bits per heavy atom. The van der Waals surface area contributed by atoms with Crippen molar-refractivity contribution in [3.05, 3.63) is 59.7 Å². The van der Waals surface area contributed by atoms with Crippen molar-refractivity contribution in [3.8, 4) is 0 Å². The van der Waals surface area contributed by atoms with Crippen LogP contribution in [0.4, 0.5) is 4.39 Å². The molecule has 1 aromatic carbocycles. The number of halogens is 1. The molecule has 1 aliphatic heterocycles. The van der Waals surface area contributed by atoms with Crippen LogP contribution in [0.5, 0.6) is 0 Å². The molecule has 2 N–H and O–H groups in total. The monoisotopic (exact) mass is 288 g/mol. The summed E-state index contributed by atoms with van der Waals surface area (Å²) >= 11 is 0. The van der Waals surface area contributed by atoms with Crippen LogP contribution >= 0.6 is 0 Å². The summed E-state index contributed by atoms with van der Waals surface area (Å²) in [7, 11) is 0. The summed E-state index contributed by atoms with van der Waals surface area (Å²) in [6, 6.07) is 9.40. The van der Waals surface area contributed by atoms with Gasteiger partial charge in [-0.3, -0.25) is 4.79 Å². The maximum atomic E-state index is 13.1. The van der Waals surface area contributed by atoms with Gasteiger partial charge in [-0.25, -0.2) is 4.39 Å². The Balaban J connectivity index is 1.82. The molecule has 1 aromatic heterocycles. The molecule has 0 radical (unpaired) electrons. The third-order valence-electron chi connectivity index (χ3n) is 3.69. The summed E-state index contributed by atoms with van der Waals surface area (Å²) in [4.78, 5) is 15.1. The zero-order valence-electron chi connectivity index (χ0n) is 11.5. The first-order chi connectivity index (χ1) is 10.2. The largest absolute Gasteiger partial charge is 0.376 e. The first-order valence-electron chi connectivity index (χ1n) is 7.05. The maximum Gasteiger partial charge on any atom is 0.268 e. The maximum absolute atomic E-state index is 13.1. The molecule has 110 valence electrons. The van der Waals surface area contributed by atoms with Crippen molar-refractivity contribution in [2.45, 2.75) is 25.0 Å². The number of hydrogen-bond donors (Lipinski definition) is 2. The van der Waals surface area contributed by atoms with Gasteiger partial charge in [-0.2, -0.15) is 0 Å². The van der Waals surface area contributed by atoms with E-state index in [1.165, 1.54) is 12.1 Å². The highest BCUT2D eigenvalue weighted by atomic mass is 19.1. The molecule has 0 aliphatic carbocycles. The fraction of sp³-hybridized carbons (Fsp3) is 0.312. The van der Waals surface area contributed by atoms with Gasteiger partial charge in [-0.1, -0.05) is 12.1 Å². The Morgan fingerprint density at radius 3 is 2.76 bits per heavy atom. The normalized spacial score (nSPS) is 19.4. The Bertz CT molecular complexity index is 589. The average Bonchev–Trinajstić information content (AvgIpc) is 3.19. The van der Waals surface area contributed by atoms with Gasteiger partial charge in [0.1, 0.15) is 11.5 Å². The van der Waals surface area contributed by atoms with Crippen molar-refractivity contribution in [3.63, 3.8) is 0 Å². The van der Waals surface area contributed by atoms with Gasteiger partial charge in [0.2, 0.25) is 0 Å². The Morgan fingerprint density at radius 1 is 1.33 bits per heavy atom. The highest BCUT2D eigenvalue weighted by Crippen LogP contribution is 2.27. The summed E-state index contributed by atoms with van der Waals surface area (Å²) in [5.74, 6) is -0.481. The molecule has 0 bridgehead atoms. The SMILES string of the molecule is O=C(N[C@H](c1ccc(F)cc1)[C@H]1CCCO1)c1ccc[nH]1. The topological polar surface area (TPSA) is 54.1 Å². The summed E-state index contributed by atoms with van der Waals surface area (Å²) < 4.78 is 18.8. The molecule has 21 heavy (non-hydrogen) atoms. The lowest BCUT2D eigenvalue weighted by molar-refractivity contribution is 0.0670. The molecule has 1 fully saturated rings. The zero-order valence-corrected chi connectivity index (χ0v) is 11.5. The van der Waals surface area contributed by atoms with E-state index in [1.54, 1.807) is 30.5 Å². The number of aromatic nitrogens is 1. The van der Waals surface area contributed by atoms with Gasteiger partial charge in [0.25, 0.3) is 5.91 Å². The number of H-pyrrole nitrogens is 1. The molecule has 4 nitrogen and oxygen atoms in total. The fourth-order valence-electron chi connectivity index (χ4n) is 2.62. The molecule has 0 saturated carbocycles. The van der Waals surface area contributed by atoms with Gasteiger partial charge in [0.05, 0.1) is 12.1 Å². The quantitative estimate of drug-likeness (QED) is 0.909. The second-order valence-corrected chi connectivity index (χ2v) is 5.14. The van der Waals surface area contributed by atoms with Crippen LogP contribution in [-0.4, -0.2) is 23.6 Å². The number of aromatic amines is 1. The van der Waals surface area contributed by atoms with E-state index in [4.69, 9.17) is 4.74 Å². The number of rotatable bonds is 4. The van der Waals surface area contributed by atoms with Crippen LogP contribution < -0.4 is 5.32 Å². The minimum Gasteiger partial charge on any atom is -0.376 e. The molecule has 0 unspecified atom stereocenters. The predicted octanol–water partition coefficient (Wildman–Crippen LogP) is 2.80. The minimum absolute atomic E-state index is 0.0747. The molecule has 1 saturated heterocycles. The van der Waals surface area contributed by atoms with E-state index in [1.807, 2.05) is 0 Å². The van der Waals surface area contributed by atoms with Crippen LogP contribution in [0.15, 0.2) is 42.6 Å². The second kappa shape index (κ2) is 6.10. The van der Waals surface area contributed by atoms with Crippen molar-refractivity contribution in [1.82, 2.24) is 10.3 Å². The van der Waals surface area contributed by atoms with E-state index in [2.05, 4.69) is 10.3 Å². The van der Waals surface area contributed by atoms with E-state index in [0.29, 0.717) is 12.3 Å². The lowest BCUT2D eigenvalue weighted by Gasteiger charge is -2.24. The molecule has 3 rings (SSSR count). The number of carbonyl (C=O) groups is 1. The molecule has 1 aliphatic rings. The molecule has 0 spiro atoms.